The maximum absolute atomic E-state index is 11.7. The van der Waals surface area contributed by atoms with Crippen molar-refractivity contribution in [2.24, 2.45) is 5.92 Å². The molecule has 0 aromatic heterocycles. The highest BCUT2D eigenvalue weighted by atomic mass is 16.6. The van der Waals surface area contributed by atoms with Gasteiger partial charge >= 0.3 is 12.1 Å². The van der Waals surface area contributed by atoms with E-state index in [1.54, 1.807) is 19.9 Å². The van der Waals surface area contributed by atoms with Crippen LogP contribution in [0.2, 0.25) is 0 Å². The number of hydrogen-bond donors (Lipinski definition) is 2. The van der Waals surface area contributed by atoms with E-state index in [2.05, 4.69) is 11.9 Å². The molecule has 1 amide bonds. The molecule has 0 radical (unpaired) electrons. The Morgan fingerprint density at radius 2 is 2.22 bits per heavy atom. The molecule has 0 aliphatic heterocycles. The first-order valence-corrected chi connectivity index (χ1v) is 6.14. The summed E-state index contributed by atoms with van der Waals surface area (Å²) in [5.74, 6) is -1.27. The highest BCUT2D eigenvalue weighted by Crippen LogP contribution is 2.44. The number of carbonyl (C=O) groups is 2. The third kappa shape index (κ3) is 3.03. The third-order valence-corrected chi connectivity index (χ3v) is 3.23. The first-order chi connectivity index (χ1) is 8.27. The van der Waals surface area contributed by atoms with Crippen molar-refractivity contribution in [2.75, 3.05) is 0 Å². The lowest BCUT2D eigenvalue weighted by atomic mass is 10.0. The van der Waals surface area contributed by atoms with Gasteiger partial charge in [-0.2, -0.15) is 0 Å². The number of alkyl carbamates (subject to hydrolysis) is 1. The van der Waals surface area contributed by atoms with Crippen LogP contribution in [0.3, 0.4) is 0 Å². The van der Waals surface area contributed by atoms with Gasteiger partial charge in [0, 0.05) is 5.92 Å². The van der Waals surface area contributed by atoms with E-state index in [4.69, 9.17) is 9.84 Å². The number of aliphatic carboxylic acids is 1. The summed E-state index contributed by atoms with van der Waals surface area (Å²) in [6.07, 6.45) is 2.85. The van der Waals surface area contributed by atoms with Crippen LogP contribution in [0.4, 0.5) is 4.79 Å². The summed E-state index contributed by atoms with van der Waals surface area (Å²) in [7, 11) is 0. The fourth-order valence-corrected chi connectivity index (χ4v) is 2.13. The van der Waals surface area contributed by atoms with E-state index in [1.807, 2.05) is 6.92 Å². The summed E-state index contributed by atoms with van der Waals surface area (Å²) in [5, 5.41) is 11.6. The Morgan fingerprint density at radius 3 is 2.61 bits per heavy atom. The Hall–Kier alpha value is -1.52. The van der Waals surface area contributed by atoms with Gasteiger partial charge in [-0.25, -0.2) is 9.59 Å². The van der Waals surface area contributed by atoms with E-state index in [9.17, 15) is 9.59 Å². The molecule has 0 saturated heterocycles. The lowest BCUT2D eigenvalue weighted by Crippen LogP contribution is -2.47. The smallest absolute Gasteiger partial charge is 0.408 e. The van der Waals surface area contributed by atoms with Gasteiger partial charge in [0.2, 0.25) is 0 Å². The van der Waals surface area contributed by atoms with Gasteiger partial charge in [-0.15, -0.1) is 6.58 Å². The van der Waals surface area contributed by atoms with Crippen molar-refractivity contribution in [1.82, 2.24) is 5.32 Å². The first kappa shape index (κ1) is 14.5. The van der Waals surface area contributed by atoms with Crippen molar-refractivity contribution in [3.63, 3.8) is 0 Å². The molecule has 0 aromatic carbocycles. The zero-order valence-corrected chi connectivity index (χ0v) is 11.2. The molecule has 5 heteroatoms. The Labute approximate surface area is 107 Å². The van der Waals surface area contributed by atoms with Crippen LogP contribution in [0.1, 0.15) is 40.0 Å². The normalized spacial score (nSPS) is 26.3. The molecular formula is C13H21NO4. The van der Waals surface area contributed by atoms with E-state index in [0.717, 1.165) is 12.8 Å². The van der Waals surface area contributed by atoms with Crippen molar-refractivity contribution >= 4 is 12.1 Å². The van der Waals surface area contributed by atoms with Crippen molar-refractivity contribution in [3.8, 4) is 0 Å². The van der Waals surface area contributed by atoms with Gasteiger partial charge in [0.05, 0.1) is 0 Å². The molecule has 1 aliphatic rings. The number of carboxylic acids is 1. The molecule has 5 nitrogen and oxygen atoms in total. The summed E-state index contributed by atoms with van der Waals surface area (Å²) >= 11 is 0. The molecule has 2 N–H and O–H groups in total. The van der Waals surface area contributed by atoms with Crippen LogP contribution in [0.25, 0.3) is 0 Å². The Balaban J connectivity index is 2.60. The first-order valence-electron chi connectivity index (χ1n) is 6.14. The molecule has 1 rings (SSSR count). The van der Waals surface area contributed by atoms with Crippen molar-refractivity contribution < 1.29 is 19.4 Å². The Bertz CT molecular complexity index is 364. The number of carbonyl (C=O) groups excluding carboxylic acids is 1. The zero-order valence-electron chi connectivity index (χ0n) is 11.2. The topological polar surface area (TPSA) is 75.6 Å². The summed E-state index contributed by atoms with van der Waals surface area (Å²) in [4.78, 5) is 22.9. The quantitative estimate of drug-likeness (QED) is 0.714. The maximum Gasteiger partial charge on any atom is 0.408 e. The fourth-order valence-electron chi connectivity index (χ4n) is 2.13. The Morgan fingerprint density at radius 1 is 1.61 bits per heavy atom. The summed E-state index contributed by atoms with van der Waals surface area (Å²) in [5.41, 5.74) is -1.81. The number of nitrogens with one attached hydrogen (secondary N) is 1. The third-order valence-electron chi connectivity index (χ3n) is 3.23. The van der Waals surface area contributed by atoms with E-state index in [-0.39, 0.29) is 5.92 Å². The zero-order chi connectivity index (χ0) is 14.0. The number of rotatable bonds is 6. The van der Waals surface area contributed by atoms with Crippen LogP contribution in [-0.4, -0.2) is 28.3 Å². The molecular weight excluding hydrogens is 234 g/mol. The molecule has 0 aromatic rings. The monoisotopic (exact) mass is 255 g/mol. The van der Waals surface area contributed by atoms with E-state index in [1.165, 1.54) is 0 Å². The van der Waals surface area contributed by atoms with Crippen molar-refractivity contribution in [1.29, 1.82) is 0 Å². The van der Waals surface area contributed by atoms with Gasteiger partial charge in [0.25, 0.3) is 0 Å². The van der Waals surface area contributed by atoms with Gasteiger partial charge in [0.15, 0.2) is 0 Å². The standard InChI is InChI=1S/C13H21NO4/c1-5-7-12(3,4)18-11(17)14-13(10(15)16)8-9(13)6-2/h6,9H,2,5,7-8H2,1,3-4H3,(H,14,17)(H,15,16)/t9-,13-/m0/s1. The van der Waals surface area contributed by atoms with Gasteiger partial charge in [-0.05, 0) is 26.7 Å². The van der Waals surface area contributed by atoms with Crippen LogP contribution < -0.4 is 5.32 Å². The van der Waals surface area contributed by atoms with Crippen molar-refractivity contribution in [3.05, 3.63) is 12.7 Å². The van der Waals surface area contributed by atoms with Crippen LogP contribution in [0, 0.1) is 5.92 Å². The lowest BCUT2D eigenvalue weighted by molar-refractivity contribution is -0.141. The molecule has 0 spiro atoms. The minimum Gasteiger partial charge on any atom is -0.479 e. The fraction of sp³-hybridized carbons (Fsp3) is 0.692. The number of carboxylic acid groups (broad SMARTS) is 1. The SMILES string of the molecule is C=C[C@H]1C[C@@]1(NC(=O)OC(C)(C)CCC)C(=O)O. The maximum atomic E-state index is 11.7. The molecule has 0 bridgehead atoms. The lowest BCUT2D eigenvalue weighted by Gasteiger charge is -2.26. The second-order valence-electron chi connectivity index (χ2n) is 5.35. The van der Waals surface area contributed by atoms with Gasteiger partial charge in [0.1, 0.15) is 11.1 Å². The molecule has 2 atom stereocenters. The second-order valence-corrected chi connectivity index (χ2v) is 5.35. The molecule has 1 saturated carbocycles. The minimum absolute atomic E-state index is 0.225. The van der Waals surface area contributed by atoms with Crippen LogP contribution in [-0.2, 0) is 9.53 Å². The predicted octanol–water partition coefficient (Wildman–Crippen LogP) is 2.32. The van der Waals surface area contributed by atoms with Crippen LogP contribution >= 0.6 is 0 Å². The molecule has 1 aliphatic carbocycles. The van der Waals surface area contributed by atoms with Crippen LogP contribution in [0.5, 0.6) is 0 Å². The average Bonchev–Trinajstić information content (AvgIpc) is 2.91. The second kappa shape index (κ2) is 5.00. The largest absolute Gasteiger partial charge is 0.479 e. The molecule has 0 heterocycles. The van der Waals surface area contributed by atoms with E-state index >= 15 is 0 Å². The van der Waals surface area contributed by atoms with Crippen molar-refractivity contribution in [2.45, 2.75) is 51.2 Å². The number of ether oxygens (including phenoxy) is 1. The van der Waals surface area contributed by atoms with E-state index < -0.39 is 23.2 Å². The highest BCUT2D eigenvalue weighted by molar-refractivity contribution is 5.88. The summed E-state index contributed by atoms with van der Waals surface area (Å²) in [6.45, 7) is 9.17. The van der Waals surface area contributed by atoms with Crippen LogP contribution in [0.15, 0.2) is 12.7 Å². The number of amides is 1. The van der Waals surface area contributed by atoms with Gasteiger partial charge < -0.3 is 15.2 Å². The Kier molecular flexibility index (Phi) is 4.04. The van der Waals surface area contributed by atoms with Gasteiger partial charge in [-0.3, -0.25) is 0 Å². The van der Waals surface area contributed by atoms with E-state index in [0.29, 0.717) is 6.42 Å². The molecule has 1 fully saturated rings. The molecule has 102 valence electrons. The molecule has 18 heavy (non-hydrogen) atoms. The van der Waals surface area contributed by atoms with Gasteiger partial charge in [-0.1, -0.05) is 19.4 Å². The summed E-state index contributed by atoms with van der Waals surface area (Å²) in [6, 6.07) is 0. The molecule has 0 unspecified atom stereocenters. The highest BCUT2D eigenvalue weighted by Gasteiger charge is 2.60. The number of hydrogen-bond acceptors (Lipinski definition) is 3. The predicted molar refractivity (Wildman–Crippen MR) is 67.3 cm³/mol. The summed E-state index contributed by atoms with van der Waals surface area (Å²) < 4.78 is 5.25. The average molecular weight is 255 g/mol. The minimum atomic E-state index is -1.22.